The molecule has 1 saturated carbocycles. The number of benzene rings is 1. The number of carbonyl (C=O) groups is 2. The SMILES string of the molecule is CO[C@H](C)C(=O)NC1CCC(Nc2ncnc3[nH]cc(C(=O)c4ccccc4Cl)c23)CC1. The van der Waals surface area contributed by atoms with Crippen molar-refractivity contribution in [3.63, 3.8) is 0 Å². The van der Waals surface area contributed by atoms with Gasteiger partial charge in [0.1, 0.15) is 23.9 Å². The normalized spacial score (nSPS) is 19.5. The predicted molar refractivity (Wildman–Crippen MR) is 123 cm³/mol. The van der Waals surface area contributed by atoms with Gasteiger partial charge in [0.15, 0.2) is 5.78 Å². The van der Waals surface area contributed by atoms with Crippen molar-refractivity contribution in [2.24, 2.45) is 0 Å². The molecule has 1 atom stereocenters. The van der Waals surface area contributed by atoms with Crippen LogP contribution in [0.25, 0.3) is 11.0 Å². The third-order valence-corrected chi connectivity index (χ3v) is 6.30. The Balaban J connectivity index is 1.49. The summed E-state index contributed by atoms with van der Waals surface area (Å²) >= 11 is 6.25. The van der Waals surface area contributed by atoms with E-state index < -0.39 is 6.10 Å². The largest absolute Gasteiger partial charge is 0.372 e. The highest BCUT2D eigenvalue weighted by atomic mass is 35.5. The Morgan fingerprint density at radius 3 is 2.56 bits per heavy atom. The Labute approximate surface area is 191 Å². The minimum absolute atomic E-state index is 0.0866. The van der Waals surface area contributed by atoms with Gasteiger partial charge in [0.05, 0.1) is 16.0 Å². The first-order valence-corrected chi connectivity index (χ1v) is 11.1. The summed E-state index contributed by atoms with van der Waals surface area (Å²) in [5.74, 6) is 0.349. The number of anilines is 1. The Hall–Kier alpha value is -2.97. The van der Waals surface area contributed by atoms with Crippen molar-refractivity contribution in [2.75, 3.05) is 12.4 Å². The number of carbonyl (C=O) groups excluding carboxylic acids is 2. The molecule has 0 saturated heterocycles. The van der Waals surface area contributed by atoms with Crippen molar-refractivity contribution in [3.05, 3.63) is 52.9 Å². The number of nitrogens with one attached hydrogen (secondary N) is 3. The van der Waals surface area contributed by atoms with Crippen LogP contribution in [0.1, 0.15) is 48.5 Å². The average molecular weight is 456 g/mol. The van der Waals surface area contributed by atoms with E-state index in [2.05, 4.69) is 25.6 Å². The molecule has 0 aliphatic heterocycles. The van der Waals surface area contributed by atoms with Crippen LogP contribution in [-0.2, 0) is 9.53 Å². The van der Waals surface area contributed by atoms with Crippen LogP contribution >= 0.6 is 11.6 Å². The van der Waals surface area contributed by atoms with Crippen molar-refractivity contribution >= 4 is 40.1 Å². The van der Waals surface area contributed by atoms with Crippen molar-refractivity contribution in [1.29, 1.82) is 0 Å². The molecule has 8 nitrogen and oxygen atoms in total. The van der Waals surface area contributed by atoms with Crippen LogP contribution in [0.2, 0.25) is 5.02 Å². The number of amides is 1. The summed E-state index contributed by atoms with van der Waals surface area (Å²) in [5, 5.41) is 7.59. The van der Waals surface area contributed by atoms with E-state index in [1.54, 1.807) is 37.4 Å². The van der Waals surface area contributed by atoms with E-state index in [1.165, 1.54) is 13.4 Å². The number of ketones is 1. The van der Waals surface area contributed by atoms with E-state index in [-0.39, 0.29) is 23.8 Å². The smallest absolute Gasteiger partial charge is 0.249 e. The summed E-state index contributed by atoms with van der Waals surface area (Å²) in [6.45, 7) is 1.74. The van der Waals surface area contributed by atoms with Crippen molar-refractivity contribution in [2.45, 2.75) is 50.8 Å². The van der Waals surface area contributed by atoms with Gasteiger partial charge in [0, 0.05) is 31.0 Å². The summed E-state index contributed by atoms with van der Waals surface area (Å²) in [7, 11) is 1.53. The second-order valence-corrected chi connectivity index (χ2v) is 8.44. The van der Waals surface area contributed by atoms with Gasteiger partial charge < -0.3 is 20.4 Å². The fourth-order valence-electron chi connectivity index (χ4n) is 4.04. The fourth-order valence-corrected chi connectivity index (χ4v) is 4.26. The molecule has 32 heavy (non-hydrogen) atoms. The zero-order chi connectivity index (χ0) is 22.7. The molecule has 3 aromatic rings. The molecule has 0 radical (unpaired) electrons. The van der Waals surface area contributed by atoms with Crippen LogP contribution < -0.4 is 10.6 Å². The van der Waals surface area contributed by atoms with Gasteiger partial charge in [-0.2, -0.15) is 0 Å². The minimum atomic E-state index is -0.456. The van der Waals surface area contributed by atoms with E-state index in [0.29, 0.717) is 33.0 Å². The number of nitrogens with zero attached hydrogens (tertiary/aromatic N) is 2. The van der Waals surface area contributed by atoms with Crippen LogP contribution in [0, 0.1) is 0 Å². The molecule has 1 fully saturated rings. The maximum absolute atomic E-state index is 13.2. The maximum Gasteiger partial charge on any atom is 0.249 e. The highest BCUT2D eigenvalue weighted by Crippen LogP contribution is 2.30. The second-order valence-electron chi connectivity index (χ2n) is 8.04. The molecule has 0 bridgehead atoms. The number of fused-ring (bicyclic) bond motifs is 1. The number of aromatic amines is 1. The molecule has 1 aromatic carbocycles. The number of halogens is 1. The molecular weight excluding hydrogens is 430 g/mol. The van der Waals surface area contributed by atoms with Gasteiger partial charge in [-0.25, -0.2) is 9.97 Å². The van der Waals surface area contributed by atoms with E-state index in [9.17, 15) is 9.59 Å². The first kappa shape index (κ1) is 22.2. The molecule has 3 N–H and O–H groups in total. The van der Waals surface area contributed by atoms with Gasteiger partial charge in [0.25, 0.3) is 0 Å². The lowest BCUT2D eigenvalue weighted by atomic mass is 9.91. The highest BCUT2D eigenvalue weighted by molar-refractivity contribution is 6.35. The summed E-state index contributed by atoms with van der Waals surface area (Å²) in [4.78, 5) is 37.0. The quantitative estimate of drug-likeness (QED) is 0.468. The standard InChI is InChI=1S/C23H26ClN5O3/c1-13(32-2)23(31)29-15-9-7-14(8-10-15)28-22-19-17(11-25-21(19)26-12-27-22)20(30)16-5-3-4-6-18(16)24/h3-6,11-15H,7-10H2,1-2H3,(H,29,31)(H2,25,26,27,28)/t13-,14?,15?/m1/s1. The van der Waals surface area contributed by atoms with Gasteiger partial charge in [-0.05, 0) is 44.7 Å². The van der Waals surface area contributed by atoms with Crippen molar-refractivity contribution < 1.29 is 14.3 Å². The number of methoxy groups -OCH3 is 1. The first-order valence-electron chi connectivity index (χ1n) is 10.7. The van der Waals surface area contributed by atoms with Crippen LogP contribution in [0.4, 0.5) is 5.82 Å². The number of H-pyrrole nitrogens is 1. The summed E-state index contributed by atoms with van der Waals surface area (Å²) < 4.78 is 5.08. The topological polar surface area (TPSA) is 109 Å². The lowest BCUT2D eigenvalue weighted by Gasteiger charge is -2.30. The molecule has 4 rings (SSSR count). The van der Waals surface area contributed by atoms with Gasteiger partial charge in [-0.15, -0.1) is 0 Å². The monoisotopic (exact) mass is 455 g/mol. The Morgan fingerprint density at radius 2 is 1.84 bits per heavy atom. The zero-order valence-corrected chi connectivity index (χ0v) is 18.8. The lowest BCUT2D eigenvalue weighted by Crippen LogP contribution is -2.44. The fraction of sp³-hybridized carbons (Fsp3) is 0.391. The summed E-state index contributed by atoms with van der Waals surface area (Å²) in [5.41, 5.74) is 1.50. The van der Waals surface area contributed by atoms with E-state index in [1.807, 2.05) is 0 Å². The first-order chi connectivity index (χ1) is 15.5. The Bertz CT molecular complexity index is 1120. The second kappa shape index (κ2) is 9.67. The number of rotatable bonds is 7. The number of hydrogen-bond acceptors (Lipinski definition) is 6. The Kier molecular flexibility index (Phi) is 6.72. The van der Waals surface area contributed by atoms with E-state index in [4.69, 9.17) is 16.3 Å². The number of hydrogen-bond donors (Lipinski definition) is 3. The molecule has 1 aliphatic rings. The van der Waals surface area contributed by atoms with E-state index in [0.717, 1.165) is 25.7 Å². The molecule has 2 aromatic heterocycles. The average Bonchev–Trinajstić information content (AvgIpc) is 3.25. The van der Waals surface area contributed by atoms with Crippen LogP contribution in [0.15, 0.2) is 36.8 Å². The molecule has 0 spiro atoms. The number of aromatic nitrogens is 3. The van der Waals surface area contributed by atoms with Crippen LogP contribution in [0.5, 0.6) is 0 Å². The predicted octanol–water partition coefficient (Wildman–Crippen LogP) is 3.72. The van der Waals surface area contributed by atoms with Crippen LogP contribution in [-0.4, -0.2) is 51.9 Å². The zero-order valence-electron chi connectivity index (χ0n) is 18.0. The third kappa shape index (κ3) is 4.61. The van der Waals surface area contributed by atoms with Gasteiger partial charge in [-0.1, -0.05) is 23.7 Å². The van der Waals surface area contributed by atoms with Gasteiger partial charge in [-0.3, -0.25) is 9.59 Å². The molecule has 0 unspecified atom stereocenters. The van der Waals surface area contributed by atoms with Crippen molar-refractivity contribution in [3.8, 4) is 0 Å². The summed E-state index contributed by atoms with van der Waals surface area (Å²) in [6.07, 6.45) is 6.12. The molecule has 2 heterocycles. The molecule has 9 heteroatoms. The van der Waals surface area contributed by atoms with Gasteiger partial charge in [0.2, 0.25) is 5.91 Å². The maximum atomic E-state index is 13.2. The molecule has 1 aliphatic carbocycles. The highest BCUT2D eigenvalue weighted by Gasteiger charge is 2.26. The van der Waals surface area contributed by atoms with Gasteiger partial charge >= 0.3 is 0 Å². The van der Waals surface area contributed by atoms with Crippen molar-refractivity contribution in [1.82, 2.24) is 20.3 Å². The Morgan fingerprint density at radius 1 is 1.12 bits per heavy atom. The third-order valence-electron chi connectivity index (χ3n) is 5.97. The number of ether oxygens (including phenoxy) is 1. The van der Waals surface area contributed by atoms with Crippen LogP contribution in [0.3, 0.4) is 0 Å². The molecule has 1 amide bonds. The minimum Gasteiger partial charge on any atom is -0.372 e. The molecular formula is C23H26ClN5O3. The van der Waals surface area contributed by atoms with E-state index >= 15 is 0 Å². The molecule has 168 valence electrons. The summed E-state index contributed by atoms with van der Waals surface area (Å²) in [6, 6.07) is 7.30. The lowest BCUT2D eigenvalue weighted by molar-refractivity contribution is -0.131.